The minimum Gasteiger partial charge on any atom is -0.493 e. The number of halogens is 2. The number of rotatable bonds is 9. The van der Waals surface area contributed by atoms with Crippen LogP contribution in [0, 0.1) is 11.8 Å². The Morgan fingerprint density at radius 2 is 1.63 bits per heavy atom. The van der Waals surface area contributed by atoms with E-state index in [4.69, 9.17) is 37.9 Å². The van der Waals surface area contributed by atoms with Gasteiger partial charge in [-0.3, -0.25) is 19.7 Å². The molecule has 3 heterocycles. The number of hydrogen-bond donors (Lipinski definition) is 0. The molecule has 3 aromatic rings. The van der Waals surface area contributed by atoms with Gasteiger partial charge in [0, 0.05) is 71.9 Å². The van der Waals surface area contributed by atoms with Gasteiger partial charge in [0.2, 0.25) is 5.91 Å². The Morgan fingerprint density at radius 3 is 2.22 bits per heavy atom. The van der Waals surface area contributed by atoms with Crippen LogP contribution in [-0.4, -0.2) is 62.7 Å². The third kappa shape index (κ3) is 9.38. The van der Waals surface area contributed by atoms with E-state index < -0.39 is 5.54 Å². The maximum Gasteiger partial charge on any atom is 0.325 e. The lowest BCUT2D eigenvalue weighted by Crippen LogP contribution is -2.50. The molecule has 1 aromatic heterocycles. The molecule has 0 saturated carbocycles. The summed E-state index contributed by atoms with van der Waals surface area (Å²) in [5, 5.41) is 1.33. The summed E-state index contributed by atoms with van der Waals surface area (Å²) < 4.78 is 6.32. The molecule has 286 valence electrons. The van der Waals surface area contributed by atoms with Crippen molar-refractivity contribution in [2.24, 2.45) is 16.8 Å². The second-order valence-electron chi connectivity index (χ2n) is 16.3. The Labute approximate surface area is 330 Å². The van der Waals surface area contributed by atoms with Crippen LogP contribution in [0.3, 0.4) is 0 Å². The van der Waals surface area contributed by atoms with Gasteiger partial charge in [-0.2, -0.15) is 0 Å². The van der Waals surface area contributed by atoms with Gasteiger partial charge in [0.1, 0.15) is 11.6 Å². The number of hydrogen-bond acceptors (Lipinski definition) is 5. The highest BCUT2D eigenvalue weighted by Gasteiger charge is 2.36. The monoisotopic (exact) mass is 769 g/mol. The van der Waals surface area contributed by atoms with Crippen LogP contribution in [0.2, 0.25) is 5.02 Å². The van der Waals surface area contributed by atoms with Gasteiger partial charge in [0.25, 0.3) is 0 Å². The lowest BCUT2D eigenvalue weighted by molar-refractivity contribution is -0.133. The summed E-state index contributed by atoms with van der Waals surface area (Å²) in [5.74, 6) is 1.55. The van der Waals surface area contributed by atoms with Gasteiger partial charge in [0.15, 0.2) is 0 Å². The molecule has 2 aliphatic heterocycles. The van der Waals surface area contributed by atoms with E-state index in [1.807, 2.05) is 77.5 Å². The van der Waals surface area contributed by atoms with Crippen molar-refractivity contribution in [1.82, 2.24) is 19.7 Å². The van der Waals surface area contributed by atoms with E-state index in [9.17, 15) is 4.79 Å². The molecule has 0 radical (unpaired) electrons. The summed E-state index contributed by atoms with van der Waals surface area (Å²) in [6.45, 7) is 15.6. The van der Waals surface area contributed by atoms with Gasteiger partial charge < -0.3 is 14.5 Å². The molecule has 1 atom stereocenters. The van der Waals surface area contributed by atoms with E-state index in [-0.39, 0.29) is 35.7 Å². The number of urea groups is 1. The minimum absolute atomic E-state index is 0.0384. The molecule has 8 nitrogen and oxygen atoms in total. The molecular weight excluding hydrogens is 717 g/mol. The molecule has 54 heavy (non-hydrogen) atoms. The van der Waals surface area contributed by atoms with E-state index in [1.165, 1.54) is 11.1 Å². The predicted octanol–water partition coefficient (Wildman–Crippen LogP) is 9.92. The van der Waals surface area contributed by atoms with Crippen LogP contribution in [0.1, 0.15) is 95.2 Å². The third-order valence-corrected chi connectivity index (χ3v) is 11.3. The number of benzene rings is 2. The van der Waals surface area contributed by atoms with Crippen molar-refractivity contribution in [1.29, 1.82) is 0 Å². The summed E-state index contributed by atoms with van der Waals surface area (Å²) in [5.41, 5.74) is 4.05. The van der Waals surface area contributed by atoms with Gasteiger partial charge in [-0.25, -0.2) is 4.79 Å². The zero-order chi connectivity index (χ0) is 38.6. The standard InChI is InChI=1S/C44H53Cl2N5O3/c1-7-54-38-25-39(43(2,3)4)47-26-37(38)41(48-44(5,6)34-14-18-36(46)19-15-34)51(27-31-12-16-35(45)17-13-31)42(53)49-22-20-30(21-23-49)24-40(52)50-28-32-10-8-9-11-33(32)29-50/h8-14,16-19,25-26,30,34H,7,15,20-24,27-29H2,1-6H3. The molecular formula is C44H53Cl2N5O3. The Morgan fingerprint density at radius 1 is 0.963 bits per heavy atom. The van der Waals surface area contributed by atoms with Crippen LogP contribution in [0.15, 0.2) is 89.0 Å². The number of carbonyl (C=O) groups excluding carboxylic acids is 2. The number of carbonyl (C=O) groups is 2. The smallest absolute Gasteiger partial charge is 0.325 e. The van der Waals surface area contributed by atoms with Crippen molar-refractivity contribution >= 4 is 41.0 Å². The molecule has 0 bridgehead atoms. The number of allylic oxidation sites excluding steroid dienone is 3. The highest BCUT2D eigenvalue weighted by molar-refractivity contribution is 6.31. The van der Waals surface area contributed by atoms with Gasteiger partial charge in [-0.05, 0) is 80.9 Å². The first-order valence-electron chi connectivity index (χ1n) is 19.1. The summed E-state index contributed by atoms with van der Waals surface area (Å²) >= 11 is 12.6. The average molecular weight is 771 g/mol. The van der Waals surface area contributed by atoms with Crippen molar-refractivity contribution in [3.8, 4) is 5.75 Å². The largest absolute Gasteiger partial charge is 0.493 e. The van der Waals surface area contributed by atoms with E-state index in [0.29, 0.717) is 66.4 Å². The van der Waals surface area contributed by atoms with Crippen molar-refractivity contribution in [3.63, 3.8) is 0 Å². The van der Waals surface area contributed by atoms with Crippen LogP contribution >= 0.6 is 23.2 Å². The molecule has 1 fully saturated rings. The van der Waals surface area contributed by atoms with Crippen molar-refractivity contribution in [2.45, 2.75) is 97.8 Å². The average Bonchev–Trinajstić information content (AvgIpc) is 3.59. The minimum atomic E-state index is -0.632. The number of fused-ring (bicyclic) bond motifs is 1. The fraction of sp³-hybridized carbons (Fsp3) is 0.455. The van der Waals surface area contributed by atoms with E-state index >= 15 is 4.79 Å². The van der Waals surface area contributed by atoms with Crippen LogP contribution in [0.4, 0.5) is 4.79 Å². The number of amides is 3. The number of aromatic nitrogens is 1. The van der Waals surface area contributed by atoms with E-state index in [0.717, 1.165) is 30.5 Å². The molecule has 1 aliphatic carbocycles. The predicted molar refractivity (Wildman–Crippen MR) is 218 cm³/mol. The maximum absolute atomic E-state index is 15.0. The number of piperidine rings is 1. The summed E-state index contributed by atoms with van der Waals surface area (Å²) in [4.78, 5) is 44.5. The first kappa shape index (κ1) is 39.6. The Kier molecular flexibility index (Phi) is 12.2. The maximum atomic E-state index is 15.0. The number of aliphatic imine (C=N–C) groups is 1. The summed E-state index contributed by atoms with van der Waals surface area (Å²) in [6.07, 6.45) is 10.6. The Bertz CT molecular complexity index is 1900. The fourth-order valence-corrected chi connectivity index (χ4v) is 7.71. The van der Waals surface area contributed by atoms with E-state index in [2.05, 4.69) is 52.8 Å². The highest BCUT2D eigenvalue weighted by Crippen LogP contribution is 2.35. The fourth-order valence-electron chi connectivity index (χ4n) is 7.42. The number of nitrogens with zero attached hydrogens (tertiary/aromatic N) is 5. The lowest BCUT2D eigenvalue weighted by atomic mass is 9.83. The zero-order valence-corrected chi connectivity index (χ0v) is 34.0. The van der Waals surface area contributed by atoms with Crippen LogP contribution in [0.5, 0.6) is 5.75 Å². The quantitative estimate of drug-likeness (QED) is 0.160. The molecule has 2 aromatic carbocycles. The van der Waals surface area contributed by atoms with Crippen molar-refractivity contribution in [2.75, 3.05) is 19.7 Å². The Hall–Kier alpha value is -4.14. The van der Waals surface area contributed by atoms with E-state index in [1.54, 1.807) is 4.90 Å². The molecule has 3 amide bonds. The number of amidine groups is 1. The SMILES string of the molecule is CCOc1cc(C(C)(C)C)ncc1C(=NC(C)(C)C1C=CC(Cl)=CC1)N(Cc1ccc(Cl)cc1)C(=O)N1CCC(CC(=O)N2Cc3ccccc3C2)CC1. The second kappa shape index (κ2) is 16.7. The van der Waals surface area contributed by atoms with Gasteiger partial charge in [0.05, 0.1) is 24.3 Å². The molecule has 6 rings (SSSR count). The molecule has 1 saturated heterocycles. The van der Waals surface area contributed by atoms with Crippen molar-refractivity contribution < 1.29 is 14.3 Å². The zero-order valence-electron chi connectivity index (χ0n) is 32.4. The molecule has 1 unspecified atom stereocenters. The van der Waals surface area contributed by atoms with Gasteiger partial charge in [-0.1, -0.05) is 92.5 Å². The third-order valence-electron chi connectivity index (χ3n) is 10.8. The normalized spacial score (nSPS) is 18.0. The van der Waals surface area contributed by atoms with Crippen molar-refractivity contribution in [3.05, 3.63) is 117 Å². The van der Waals surface area contributed by atoms with Gasteiger partial charge >= 0.3 is 6.03 Å². The van der Waals surface area contributed by atoms with Crippen LogP contribution in [-0.2, 0) is 29.8 Å². The Balaban J connectivity index is 1.32. The van der Waals surface area contributed by atoms with Crippen LogP contribution in [0.25, 0.3) is 0 Å². The first-order valence-corrected chi connectivity index (χ1v) is 19.9. The number of ether oxygens (including phenoxy) is 1. The topological polar surface area (TPSA) is 78.3 Å². The highest BCUT2D eigenvalue weighted by atomic mass is 35.5. The lowest BCUT2D eigenvalue weighted by Gasteiger charge is -2.38. The first-order chi connectivity index (χ1) is 25.7. The van der Waals surface area contributed by atoms with Gasteiger partial charge in [-0.15, -0.1) is 0 Å². The molecule has 0 N–H and O–H groups in total. The van der Waals surface area contributed by atoms with Crippen LogP contribution < -0.4 is 4.74 Å². The number of pyridine rings is 1. The summed E-state index contributed by atoms with van der Waals surface area (Å²) in [6, 6.07) is 17.7. The molecule has 0 spiro atoms. The molecule has 3 aliphatic rings. The number of likely N-dealkylation sites (tertiary alicyclic amines) is 1. The summed E-state index contributed by atoms with van der Waals surface area (Å²) in [7, 11) is 0. The second-order valence-corrected chi connectivity index (χ2v) is 17.1. The molecule has 10 heteroatoms.